The number of rotatable bonds is 2. The molecule has 1 aromatic carbocycles. The molecule has 0 aliphatic carbocycles. The van der Waals surface area contributed by atoms with Gasteiger partial charge in [-0.05, 0) is 39.3 Å². The second kappa shape index (κ2) is 8.15. The number of carbonyl (C=O) groups excluding carboxylic acids is 1. The van der Waals surface area contributed by atoms with Gasteiger partial charge in [-0.3, -0.25) is 4.79 Å². The molecule has 4 nitrogen and oxygen atoms in total. The van der Waals surface area contributed by atoms with Crippen LogP contribution in [-0.4, -0.2) is 58.5 Å². The predicted molar refractivity (Wildman–Crippen MR) is 81.5 cm³/mol. The molecule has 0 aromatic heterocycles. The summed E-state index contributed by atoms with van der Waals surface area (Å²) in [5, 5.41) is 3.82. The van der Waals surface area contributed by atoms with E-state index < -0.39 is 0 Å². The smallest absolute Gasteiger partial charge is 0.151 e. The molecular weight excluding hydrogens is 262 g/mol. The molecule has 0 atom stereocenters. The van der Waals surface area contributed by atoms with Gasteiger partial charge in [-0.25, -0.2) is 0 Å². The second-order valence-electron chi connectivity index (χ2n) is 4.90. The van der Waals surface area contributed by atoms with Gasteiger partial charge in [-0.1, -0.05) is 11.6 Å². The van der Waals surface area contributed by atoms with Gasteiger partial charge in [0.15, 0.2) is 6.29 Å². The monoisotopic (exact) mass is 283 g/mol. The summed E-state index contributed by atoms with van der Waals surface area (Å²) >= 11 is 5.98. The van der Waals surface area contributed by atoms with Crippen LogP contribution in [0.4, 0.5) is 5.69 Å². The summed E-state index contributed by atoms with van der Waals surface area (Å²) in [7, 11) is 6.00. The Hall–Kier alpha value is -1.10. The minimum absolute atomic E-state index is 0.529. The van der Waals surface area contributed by atoms with E-state index in [4.69, 9.17) is 11.6 Å². The van der Waals surface area contributed by atoms with E-state index in [-0.39, 0.29) is 0 Å². The first kappa shape index (κ1) is 16.0. The molecule has 0 amide bonds. The van der Waals surface area contributed by atoms with Crippen LogP contribution in [0.3, 0.4) is 0 Å². The van der Waals surface area contributed by atoms with Crippen LogP contribution < -0.4 is 10.2 Å². The minimum atomic E-state index is 0.529. The Morgan fingerprint density at radius 1 is 1.26 bits per heavy atom. The van der Waals surface area contributed by atoms with Crippen LogP contribution >= 0.6 is 11.6 Å². The standard InChI is InChI=1S/C11H13ClN2O.C3H9N/c12-11-7-10(2-1-9(11)8-15)14-5-3-13-4-6-14;1-4(2)3/h1-2,7-8,13H,3-6H2;1-3H3. The number of aldehydes is 1. The predicted octanol–water partition coefficient (Wildman–Crippen LogP) is 1.74. The molecule has 0 saturated carbocycles. The normalized spacial score (nSPS) is 14.9. The van der Waals surface area contributed by atoms with Gasteiger partial charge in [0.25, 0.3) is 0 Å². The van der Waals surface area contributed by atoms with E-state index in [0.29, 0.717) is 10.6 Å². The number of carbonyl (C=O) groups is 1. The fourth-order valence-corrected chi connectivity index (χ4v) is 1.95. The van der Waals surface area contributed by atoms with E-state index in [0.717, 1.165) is 38.2 Å². The topological polar surface area (TPSA) is 35.6 Å². The zero-order valence-corrected chi connectivity index (χ0v) is 12.6. The Morgan fingerprint density at radius 3 is 2.32 bits per heavy atom. The summed E-state index contributed by atoms with van der Waals surface area (Å²) in [6, 6.07) is 5.57. The first-order chi connectivity index (χ1) is 9.04. The van der Waals surface area contributed by atoms with E-state index in [9.17, 15) is 4.79 Å². The van der Waals surface area contributed by atoms with Gasteiger partial charge in [-0.2, -0.15) is 0 Å². The maximum Gasteiger partial charge on any atom is 0.151 e. The lowest BCUT2D eigenvalue weighted by atomic mass is 10.2. The highest BCUT2D eigenvalue weighted by molar-refractivity contribution is 6.33. The van der Waals surface area contributed by atoms with Crippen LogP contribution in [0.5, 0.6) is 0 Å². The molecule has 0 radical (unpaired) electrons. The highest BCUT2D eigenvalue weighted by atomic mass is 35.5. The quantitative estimate of drug-likeness (QED) is 0.839. The number of anilines is 1. The van der Waals surface area contributed by atoms with Crippen molar-refractivity contribution in [2.24, 2.45) is 0 Å². The Balaban J connectivity index is 0.000000399. The van der Waals surface area contributed by atoms with Crippen molar-refractivity contribution in [3.8, 4) is 0 Å². The number of nitrogens with one attached hydrogen (secondary N) is 1. The zero-order chi connectivity index (χ0) is 14.3. The van der Waals surface area contributed by atoms with Gasteiger partial charge in [-0.15, -0.1) is 0 Å². The molecule has 0 bridgehead atoms. The number of hydrogen-bond donors (Lipinski definition) is 1. The SMILES string of the molecule is CN(C)C.O=Cc1ccc(N2CCNCC2)cc1Cl. The van der Waals surface area contributed by atoms with Crippen LogP contribution in [0.1, 0.15) is 10.4 Å². The highest BCUT2D eigenvalue weighted by Crippen LogP contribution is 2.22. The lowest BCUT2D eigenvalue weighted by Crippen LogP contribution is -2.43. The molecule has 1 aliphatic heterocycles. The molecule has 1 saturated heterocycles. The molecule has 106 valence electrons. The summed E-state index contributed by atoms with van der Waals surface area (Å²) in [5.74, 6) is 0. The average molecular weight is 284 g/mol. The number of hydrogen-bond acceptors (Lipinski definition) is 4. The minimum Gasteiger partial charge on any atom is -0.369 e. The summed E-state index contributed by atoms with van der Waals surface area (Å²) in [4.78, 5) is 14.9. The van der Waals surface area contributed by atoms with E-state index in [2.05, 4.69) is 10.2 Å². The lowest BCUT2D eigenvalue weighted by Gasteiger charge is -2.29. The third-order valence-electron chi connectivity index (χ3n) is 2.59. The largest absolute Gasteiger partial charge is 0.369 e. The fourth-order valence-electron chi connectivity index (χ4n) is 1.73. The maximum atomic E-state index is 10.6. The van der Waals surface area contributed by atoms with Crippen LogP contribution in [0.25, 0.3) is 0 Å². The van der Waals surface area contributed by atoms with Gasteiger partial charge < -0.3 is 15.1 Å². The van der Waals surface area contributed by atoms with Crippen LogP contribution in [-0.2, 0) is 0 Å². The number of piperazine rings is 1. The van der Waals surface area contributed by atoms with Crippen molar-refractivity contribution in [2.75, 3.05) is 52.2 Å². The molecule has 0 spiro atoms. The Morgan fingerprint density at radius 2 is 1.84 bits per heavy atom. The summed E-state index contributed by atoms with van der Waals surface area (Å²) in [6.07, 6.45) is 0.782. The number of benzene rings is 1. The summed E-state index contributed by atoms with van der Waals surface area (Å²) in [6.45, 7) is 3.95. The van der Waals surface area contributed by atoms with E-state index in [1.807, 2.05) is 38.2 Å². The van der Waals surface area contributed by atoms with Gasteiger partial charge >= 0.3 is 0 Å². The molecule has 1 N–H and O–H groups in total. The van der Waals surface area contributed by atoms with Crippen LogP contribution in [0, 0.1) is 0 Å². The Bertz CT molecular complexity index is 401. The molecule has 0 unspecified atom stereocenters. The van der Waals surface area contributed by atoms with Crippen LogP contribution in [0.2, 0.25) is 5.02 Å². The summed E-state index contributed by atoms with van der Waals surface area (Å²) in [5.41, 5.74) is 1.64. The number of halogens is 1. The molecule has 1 heterocycles. The van der Waals surface area contributed by atoms with Crippen LogP contribution in [0.15, 0.2) is 18.2 Å². The van der Waals surface area contributed by atoms with Crippen molar-refractivity contribution in [1.29, 1.82) is 0 Å². The fraction of sp³-hybridized carbons (Fsp3) is 0.500. The molecule has 1 aromatic rings. The molecular formula is C14H22ClN3O. The molecule has 5 heteroatoms. The zero-order valence-electron chi connectivity index (χ0n) is 11.8. The number of nitrogens with zero attached hydrogens (tertiary/aromatic N) is 2. The molecule has 1 aliphatic rings. The van der Waals surface area contributed by atoms with Crippen molar-refractivity contribution in [1.82, 2.24) is 10.2 Å². The van der Waals surface area contributed by atoms with Crippen molar-refractivity contribution in [3.63, 3.8) is 0 Å². The van der Waals surface area contributed by atoms with Gasteiger partial charge in [0.1, 0.15) is 0 Å². The highest BCUT2D eigenvalue weighted by Gasteiger charge is 2.11. The van der Waals surface area contributed by atoms with Crippen molar-refractivity contribution >= 4 is 23.6 Å². The Kier molecular flexibility index (Phi) is 6.84. The Labute approximate surface area is 120 Å². The first-order valence-electron chi connectivity index (χ1n) is 6.36. The summed E-state index contributed by atoms with van der Waals surface area (Å²) < 4.78 is 0. The van der Waals surface area contributed by atoms with E-state index in [1.165, 1.54) is 0 Å². The molecule has 1 fully saturated rings. The van der Waals surface area contributed by atoms with Crippen molar-refractivity contribution < 1.29 is 4.79 Å². The molecule has 2 rings (SSSR count). The van der Waals surface area contributed by atoms with Gasteiger partial charge in [0, 0.05) is 37.4 Å². The maximum absolute atomic E-state index is 10.6. The first-order valence-corrected chi connectivity index (χ1v) is 6.73. The average Bonchev–Trinajstić information content (AvgIpc) is 2.39. The van der Waals surface area contributed by atoms with E-state index in [1.54, 1.807) is 6.07 Å². The third kappa shape index (κ3) is 5.59. The van der Waals surface area contributed by atoms with Gasteiger partial charge in [0.05, 0.1) is 5.02 Å². The van der Waals surface area contributed by atoms with E-state index >= 15 is 0 Å². The molecule has 19 heavy (non-hydrogen) atoms. The second-order valence-corrected chi connectivity index (χ2v) is 5.31. The van der Waals surface area contributed by atoms with Crippen molar-refractivity contribution in [2.45, 2.75) is 0 Å². The lowest BCUT2D eigenvalue weighted by molar-refractivity contribution is 0.112. The third-order valence-corrected chi connectivity index (χ3v) is 2.92. The van der Waals surface area contributed by atoms with Crippen molar-refractivity contribution in [3.05, 3.63) is 28.8 Å². The van der Waals surface area contributed by atoms with Gasteiger partial charge in [0.2, 0.25) is 0 Å².